The smallest absolute Gasteiger partial charge is 0.0493 e. The van der Waals surface area contributed by atoms with E-state index in [-0.39, 0.29) is 0 Å². The van der Waals surface area contributed by atoms with E-state index in [0.29, 0.717) is 0 Å². The van der Waals surface area contributed by atoms with E-state index < -0.39 is 0 Å². The first-order valence-electron chi connectivity index (χ1n) is 3.67. The summed E-state index contributed by atoms with van der Waals surface area (Å²) >= 11 is 5.90. The third kappa shape index (κ3) is 0.899. The number of benzene rings is 1. The maximum atomic E-state index is 5.90. The van der Waals surface area contributed by atoms with Crippen molar-refractivity contribution in [1.29, 1.82) is 0 Å². The van der Waals surface area contributed by atoms with Crippen LogP contribution in [0.4, 0.5) is 0 Å². The predicted octanol–water partition coefficient (Wildman–Crippen LogP) is 3.35. The molecule has 0 heterocycles. The number of aryl methyl sites for hydroxylation is 2. The highest BCUT2D eigenvalue weighted by atomic mass is 35.5. The maximum absolute atomic E-state index is 5.90. The molecule has 56 valence electrons. The number of hydrogen-bond acceptors (Lipinski definition) is 0. The zero-order valence-corrected chi connectivity index (χ0v) is 7.37. The Hall–Kier alpha value is -0.750. The summed E-state index contributed by atoms with van der Waals surface area (Å²) in [6, 6.07) is 4.32. The van der Waals surface area contributed by atoms with E-state index in [1.807, 2.05) is 6.08 Å². The van der Waals surface area contributed by atoms with Crippen LogP contribution in [0.1, 0.15) is 22.3 Å². The van der Waals surface area contributed by atoms with Gasteiger partial charge in [-0.05, 0) is 31.1 Å². The van der Waals surface area contributed by atoms with Gasteiger partial charge in [-0.25, -0.2) is 0 Å². The van der Waals surface area contributed by atoms with Crippen LogP contribution in [0.2, 0.25) is 0 Å². The van der Waals surface area contributed by atoms with Gasteiger partial charge >= 0.3 is 0 Å². The van der Waals surface area contributed by atoms with Crippen molar-refractivity contribution in [3.05, 3.63) is 34.4 Å². The molecule has 0 atom stereocenters. The summed E-state index contributed by atoms with van der Waals surface area (Å²) in [7, 11) is 0. The Morgan fingerprint density at radius 2 is 1.91 bits per heavy atom. The molecule has 0 saturated heterocycles. The molecule has 11 heavy (non-hydrogen) atoms. The summed E-state index contributed by atoms with van der Waals surface area (Å²) < 4.78 is 0. The fourth-order valence-corrected chi connectivity index (χ4v) is 1.95. The van der Waals surface area contributed by atoms with Crippen LogP contribution in [0.25, 0.3) is 11.1 Å². The maximum Gasteiger partial charge on any atom is 0.0493 e. The fourth-order valence-electron chi connectivity index (χ4n) is 1.57. The zero-order chi connectivity index (χ0) is 8.01. The lowest BCUT2D eigenvalue weighted by molar-refractivity contribution is 1.34. The Labute approximate surface area is 71.5 Å². The van der Waals surface area contributed by atoms with E-state index >= 15 is 0 Å². The molecule has 1 aliphatic carbocycles. The molecule has 1 aromatic rings. The van der Waals surface area contributed by atoms with Gasteiger partial charge in [0.2, 0.25) is 0 Å². The van der Waals surface area contributed by atoms with Gasteiger partial charge < -0.3 is 0 Å². The van der Waals surface area contributed by atoms with Crippen LogP contribution in [0.5, 0.6) is 0 Å². The molecule has 0 spiro atoms. The van der Waals surface area contributed by atoms with E-state index in [1.54, 1.807) is 0 Å². The molecule has 0 nitrogen and oxygen atoms in total. The average Bonchev–Trinajstić information content (AvgIpc) is 1.83. The van der Waals surface area contributed by atoms with Crippen LogP contribution in [-0.4, -0.2) is 0 Å². The zero-order valence-electron chi connectivity index (χ0n) is 6.61. The molecule has 0 aromatic heterocycles. The van der Waals surface area contributed by atoms with E-state index in [0.717, 1.165) is 5.03 Å². The van der Waals surface area contributed by atoms with E-state index in [9.17, 15) is 0 Å². The molecule has 0 amide bonds. The molecule has 0 aliphatic heterocycles. The predicted molar refractivity (Wildman–Crippen MR) is 49.6 cm³/mol. The summed E-state index contributed by atoms with van der Waals surface area (Å²) in [5.41, 5.74) is 5.11. The van der Waals surface area contributed by atoms with Gasteiger partial charge in [0.25, 0.3) is 0 Å². The lowest BCUT2D eigenvalue weighted by atomic mass is 9.91. The molecule has 1 heteroatoms. The first kappa shape index (κ1) is 6.93. The molecular formula is C10H9Cl. The van der Waals surface area contributed by atoms with Gasteiger partial charge in [-0.15, -0.1) is 0 Å². The van der Waals surface area contributed by atoms with Gasteiger partial charge in [-0.2, -0.15) is 0 Å². The first-order chi connectivity index (χ1) is 5.18. The van der Waals surface area contributed by atoms with Gasteiger partial charge in [0.15, 0.2) is 0 Å². The van der Waals surface area contributed by atoms with E-state index in [4.69, 9.17) is 11.6 Å². The molecule has 0 unspecified atom stereocenters. The average molecular weight is 165 g/mol. The van der Waals surface area contributed by atoms with Crippen LogP contribution < -0.4 is 0 Å². The molecule has 2 rings (SSSR count). The van der Waals surface area contributed by atoms with Crippen molar-refractivity contribution in [2.75, 3.05) is 0 Å². The van der Waals surface area contributed by atoms with Crippen LogP contribution in [-0.2, 0) is 0 Å². The number of rotatable bonds is 0. The summed E-state index contributed by atoms with van der Waals surface area (Å²) in [5.74, 6) is 0. The molecule has 0 bridgehead atoms. The largest absolute Gasteiger partial charge is 0.0836 e. The minimum absolute atomic E-state index is 0.900. The number of halogens is 1. The van der Waals surface area contributed by atoms with Gasteiger partial charge in [-0.1, -0.05) is 29.3 Å². The summed E-state index contributed by atoms with van der Waals surface area (Å²) in [5, 5.41) is 0.900. The highest BCUT2D eigenvalue weighted by Crippen LogP contribution is 2.38. The van der Waals surface area contributed by atoms with Crippen molar-refractivity contribution in [1.82, 2.24) is 0 Å². The molecule has 0 radical (unpaired) electrons. The normalized spacial score (nSPS) is 13.5. The molecular weight excluding hydrogens is 156 g/mol. The van der Waals surface area contributed by atoms with Crippen molar-refractivity contribution in [3.63, 3.8) is 0 Å². The van der Waals surface area contributed by atoms with Gasteiger partial charge in [-0.3, -0.25) is 0 Å². The van der Waals surface area contributed by atoms with Gasteiger partial charge in [0.05, 0.1) is 0 Å². The fraction of sp³-hybridized carbons (Fsp3) is 0.200. The van der Waals surface area contributed by atoms with Crippen LogP contribution in [0.3, 0.4) is 0 Å². The standard InChI is InChI=1S/C10H9Cl/c1-6-3-7(2)10-8(4-6)5-9(10)11/h3-5H,1-2H3. The van der Waals surface area contributed by atoms with Crippen molar-refractivity contribution < 1.29 is 0 Å². The lowest BCUT2D eigenvalue weighted by Gasteiger charge is -2.18. The van der Waals surface area contributed by atoms with Crippen molar-refractivity contribution in [2.24, 2.45) is 0 Å². The second kappa shape index (κ2) is 2.12. The van der Waals surface area contributed by atoms with Gasteiger partial charge in [0.1, 0.15) is 0 Å². The number of fused-ring (bicyclic) bond motifs is 1. The minimum Gasteiger partial charge on any atom is -0.0836 e. The molecule has 0 saturated carbocycles. The molecule has 1 aliphatic rings. The van der Waals surface area contributed by atoms with Crippen molar-refractivity contribution in [2.45, 2.75) is 13.8 Å². The molecule has 1 aromatic carbocycles. The minimum atomic E-state index is 0.900. The topological polar surface area (TPSA) is 0 Å². The Morgan fingerprint density at radius 3 is 2.45 bits per heavy atom. The van der Waals surface area contributed by atoms with Crippen molar-refractivity contribution >= 4 is 22.7 Å². The Balaban J connectivity index is 2.65. The Morgan fingerprint density at radius 1 is 1.18 bits per heavy atom. The van der Waals surface area contributed by atoms with Crippen molar-refractivity contribution in [3.8, 4) is 0 Å². The second-order valence-electron chi connectivity index (χ2n) is 3.04. The quantitative estimate of drug-likeness (QED) is 0.552. The number of hydrogen-bond donors (Lipinski definition) is 0. The van der Waals surface area contributed by atoms with Crippen LogP contribution in [0.15, 0.2) is 12.1 Å². The Kier molecular flexibility index (Phi) is 1.33. The summed E-state index contributed by atoms with van der Waals surface area (Å²) in [6.07, 6.45) is 2.01. The lowest BCUT2D eigenvalue weighted by Crippen LogP contribution is -1.98. The highest BCUT2D eigenvalue weighted by molar-refractivity contribution is 6.54. The van der Waals surface area contributed by atoms with Gasteiger partial charge in [0, 0.05) is 10.6 Å². The third-order valence-corrected chi connectivity index (χ3v) is 2.33. The van der Waals surface area contributed by atoms with E-state index in [1.165, 1.54) is 22.3 Å². The monoisotopic (exact) mass is 164 g/mol. The SMILES string of the molecule is Cc1cc(C)c2c(c1)C=C2Cl. The first-order valence-corrected chi connectivity index (χ1v) is 4.05. The molecule has 0 fully saturated rings. The highest BCUT2D eigenvalue weighted by Gasteiger charge is 2.16. The van der Waals surface area contributed by atoms with Crippen LogP contribution >= 0.6 is 11.6 Å². The second-order valence-corrected chi connectivity index (χ2v) is 3.45. The van der Waals surface area contributed by atoms with E-state index in [2.05, 4.69) is 26.0 Å². The summed E-state index contributed by atoms with van der Waals surface area (Å²) in [4.78, 5) is 0. The summed E-state index contributed by atoms with van der Waals surface area (Å²) in [6.45, 7) is 4.20. The third-order valence-electron chi connectivity index (χ3n) is 2.03. The van der Waals surface area contributed by atoms with Crippen LogP contribution in [0, 0.1) is 13.8 Å². The molecule has 0 N–H and O–H groups in total. The Bertz CT molecular complexity index is 348.